The number of thioether (sulfide) groups is 1. The van der Waals surface area contributed by atoms with Crippen LogP contribution in [-0.2, 0) is 6.54 Å². The first-order chi connectivity index (χ1) is 7.74. The molecule has 0 aromatic heterocycles. The zero-order chi connectivity index (χ0) is 11.8. The largest absolute Gasteiger partial charge is 0.508 e. The van der Waals surface area contributed by atoms with Crippen molar-refractivity contribution >= 4 is 35.8 Å². The molecule has 5 heteroatoms. The van der Waals surface area contributed by atoms with Gasteiger partial charge in [0.1, 0.15) is 5.75 Å². The summed E-state index contributed by atoms with van der Waals surface area (Å²) in [7, 11) is 0. The molecule has 0 aliphatic rings. The molecule has 0 unspecified atom stereocenters. The van der Waals surface area contributed by atoms with Crippen LogP contribution in [0.5, 0.6) is 5.75 Å². The Morgan fingerprint density at radius 2 is 2.24 bits per heavy atom. The summed E-state index contributed by atoms with van der Waals surface area (Å²) in [4.78, 5) is 0. The second-order valence-electron chi connectivity index (χ2n) is 3.31. The standard InChI is InChI=1S/C12H16ClNOS.ClH/c1-2-6-16-7-5-14-9-10-8-11(13)3-4-12(10)15;/h2-4,8,14-15H,1,5-7,9H2;1H. The predicted molar refractivity (Wildman–Crippen MR) is 79.6 cm³/mol. The fraction of sp³-hybridized carbons (Fsp3) is 0.333. The Morgan fingerprint density at radius 3 is 2.94 bits per heavy atom. The first-order valence-electron chi connectivity index (χ1n) is 5.11. The highest BCUT2D eigenvalue weighted by atomic mass is 35.5. The van der Waals surface area contributed by atoms with Gasteiger partial charge in [-0.1, -0.05) is 17.7 Å². The lowest BCUT2D eigenvalue weighted by atomic mass is 10.2. The highest BCUT2D eigenvalue weighted by Crippen LogP contribution is 2.20. The fourth-order valence-corrected chi connectivity index (χ4v) is 2.05. The van der Waals surface area contributed by atoms with Crippen molar-refractivity contribution in [2.45, 2.75) is 6.54 Å². The van der Waals surface area contributed by atoms with E-state index in [-0.39, 0.29) is 18.2 Å². The van der Waals surface area contributed by atoms with E-state index in [2.05, 4.69) is 11.9 Å². The van der Waals surface area contributed by atoms with Crippen molar-refractivity contribution in [3.8, 4) is 5.75 Å². The van der Waals surface area contributed by atoms with Crippen LogP contribution in [0.4, 0.5) is 0 Å². The van der Waals surface area contributed by atoms with Crippen molar-refractivity contribution in [3.05, 3.63) is 41.4 Å². The van der Waals surface area contributed by atoms with Crippen LogP contribution in [-0.4, -0.2) is 23.2 Å². The number of hydrogen-bond acceptors (Lipinski definition) is 3. The minimum Gasteiger partial charge on any atom is -0.508 e. The number of benzene rings is 1. The zero-order valence-electron chi connectivity index (χ0n) is 9.49. The summed E-state index contributed by atoms with van der Waals surface area (Å²) in [6, 6.07) is 5.08. The maximum Gasteiger partial charge on any atom is 0.120 e. The van der Waals surface area contributed by atoms with Crippen LogP contribution < -0.4 is 5.32 Å². The molecule has 0 amide bonds. The highest BCUT2D eigenvalue weighted by Gasteiger charge is 2.00. The SMILES string of the molecule is C=CCSCCNCc1cc(Cl)ccc1O.Cl. The van der Waals surface area contributed by atoms with E-state index >= 15 is 0 Å². The number of hydrogen-bond donors (Lipinski definition) is 2. The predicted octanol–water partition coefficient (Wildman–Crippen LogP) is 3.48. The van der Waals surface area contributed by atoms with Gasteiger partial charge in [-0.25, -0.2) is 0 Å². The Kier molecular flexibility index (Phi) is 9.46. The van der Waals surface area contributed by atoms with Gasteiger partial charge in [0, 0.05) is 35.2 Å². The van der Waals surface area contributed by atoms with Gasteiger partial charge < -0.3 is 10.4 Å². The molecule has 2 N–H and O–H groups in total. The summed E-state index contributed by atoms with van der Waals surface area (Å²) in [5.41, 5.74) is 0.834. The number of aromatic hydroxyl groups is 1. The van der Waals surface area contributed by atoms with Gasteiger partial charge >= 0.3 is 0 Å². The van der Waals surface area contributed by atoms with E-state index in [4.69, 9.17) is 11.6 Å². The summed E-state index contributed by atoms with van der Waals surface area (Å²) in [6.45, 7) is 5.21. The van der Waals surface area contributed by atoms with E-state index in [1.807, 2.05) is 17.8 Å². The van der Waals surface area contributed by atoms with Crippen LogP contribution >= 0.6 is 35.8 Å². The number of nitrogens with one attached hydrogen (secondary N) is 1. The molecule has 0 saturated carbocycles. The lowest BCUT2D eigenvalue weighted by Gasteiger charge is -2.06. The van der Waals surface area contributed by atoms with Crippen LogP contribution in [0.1, 0.15) is 5.56 Å². The molecule has 0 saturated heterocycles. The molecule has 1 aromatic carbocycles. The zero-order valence-corrected chi connectivity index (χ0v) is 11.9. The number of phenols is 1. The molecule has 17 heavy (non-hydrogen) atoms. The summed E-state index contributed by atoms with van der Waals surface area (Å²) in [5, 5.41) is 13.5. The van der Waals surface area contributed by atoms with Gasteiger partial charge in [0.25, 0.3) is 0 Å². The van der Waals surface area contributed by atoms with Crippen LogP contribution in [0, 0.1) is 0 Å². The summed E-state index contributed by atoms with van der Waals surface area (Å²) in [5.74, 6) is 2.30. The average molecular weight is 294 g/mol. The second-order valence-corrected chi connectivity index (χ2v) is 4.90. The smallest absolute Gasteiger partial charge is 0.120 e. The van der Waals surface area contributed by atoms with Crippen LogP contribution in [0.15, 0.2) is 30.9 Å². The van der Waals surface area contributed by atoms with Gasteiger partial charge in [-0.05, 0) is 18.2 Å². The van der Waals surface area contributed by atoms with E-state index in [0.29, 0.717) is 11.6 Å². The summed E-state index contributed by atoms with van der Waals surface area (Å²) < 4.78 is 0. The van der Waals surface area contributed by atoms with Gasteiger partial charge in [-0.2, -0.15) is 11.8 Å². The Bertz CT molecular complexity index is 347. The molecule has 0 radical (unpaired) electrons. The summed E-state index contributed by atoms with van der Waals surface area (Å²) >= 11 is 7.67. The molecular formula is C12H17Cl2NOS. The highest BCUT2D eigenvalue weighted by molar-refractivity contribution is 7.99. The molecule has 2 nitrogen and oxygen atoms in total. The van der Waals surface area contributed by atoms with E-state index < -0.39 is 0 Å². The number of phenolic OH excluding ortho intramolecular Hbond substituents is 1. The van der Waals surface area contributed by atoms with Gasteiger partial charge in [0.15, 0.2) is 0 Å². The van der Waals surface area contributed by atoms with Crippen LogP contribution in [0.25, 0.3) is 0 Å². The van der Waals surface area contributed by atoms with Gasteiger partial charge in [-0.3, -0.25) is 0 Å². The number of rotatable bonds is 7. The Morgan fingerprint density at radius 1 is 1.47 bits per heavy atom. The molecule has 96 valence electrons. The van der Waals surface area contributed by atoms with Crippen LogP contribution in [0.2, 0.25) is 5.02 Å². The van der Waals surface area contributed by atoms with Crippen molar-refractivity contribution in [3.63, 3.8) is 0 Å². The van der Waals surface area contributed by atoms with Gasteiger partial charge in [-0.15, -0.1) is 19.0 Å². The monoisotopic (exact) mass is 293 g/mol. The summed E-state index contributed by atoms with van der Waals surface area (Å²) in [6.07, 6.45) is 1.90. The molecule has 0 atom stereocenters. The first kappa shape index (κ1) is 16.6. The van der Waals surface area contributed by atoms with Crippen molar-refractivity contribution in [1.29, 1.82) is 0 Å². The first-order valence-corrected chi connectivity index (χ1v) is 6.64. The lowest BCUT2D eigenvalue weighted by molar-refractivity contribution is 0.465. The molecule has 0 fully saturated rings. The maximum absolute atomic E-state index is 9.56. The van der Waals surface area contributed by atoms with Crippen molar-refractivity contribution in [2.75, 3.05) is 18.1 Å². The molecular weight excluding hydrogens is 277 g/mol. The van der Waals surface area contributed by atoms with E-state index in [1.54, 1.807) is 18.2 Å². The third-order valence-electron chi connectivity index (χ3n) is 2.02. The minimum absolute atomic E-state index is 0. The lowest BCUT2D eigenvalue weighted by Crippen LogP contribution is -2.16. The Hall–Kier alpha value is -0.350. The topological polar surface area (TPSA) is 32.3 Å². The molecule has 1 aromatic rings. The Labute approximate surface area is 118 Å². The van der Waals surface area contributed by atoms with Gasteiger partial charge in [0.2, 0.25) is 0 Å². The molecule has 0 aliphatic heterocycles. The third kappa shape index (κ3) is 6.84. The van der Waals surface area contributed by atoms with E-state index in [1.165, 1.54) is 0 Å². The van der Waals surface area contributed by atoms with E-state index in [9.17, 15) is 5.11 Å². The molecule has 0 spiro atoms. The molecule has 1 rings (SSSR count). The molecule has 0 heterocycles. The second kappa shape index (κ2) is 9.66. The fourth-order valence-electron chi connectivity index (χ4n) is 1.23. The van der Waals surface area contributed by atoms with Crippen LogP contribution in [0.3, 0.4) is 0 Å². The van der Waals surface area contributed by atoms with Crippen molar-refractivity contribution in [1.82, 2.24) is 5.32 Å². The minimum atomic E-state index is 0. The molecule has 0 bridgehead atoms. The quantitative estimate of drug-likeness (QED) is 0.596. The van der Waals surface area contributed by atoms with Crippen molar-refractivity contribution in [2.24, 2.45) is 0 Å². The molecule has 0 aliphatic carbocycles. The normalized spacial score (nSPS) is 9.71. The van der Waals surface area contributed by atoms with Crippen molar-refractivity contribution < 1.29 is 5.11 Å². The number of halogens is 2. The maximum atomic E-state index is 9.56. The third-order valence-corrected chi connectivity index (χ3v) is 3.22. The van der Waals surface area contributed by atoms with E-state index in [0.717, 1.165) is 23.6 Å². The average Bonchev–Trinajstić information content (AvgIpc) is 2.28. The van der Waals surface area contributed by atoms with Gasteiger partial charge in [0.05, 0.1) is 0 Å². The Balaban J connectivity index is 0.00000256.